The molecule has 0 spiro atoms. The molecule has 0 aliphatic rings. The molecule has 0 aliphatic heterocycles. The smallest absolute Gasteiger partial charge is 0.293 e. The molecule has 0 saturated carbocycles. The van der Waals surface area contributed by atoms with Crippen molar-refractivity contribution < 1.29 is 24.0 Å². The molecular formula is C20H25ClN3O4+. The number of halogens is 1. The van der Waals surface area contributed by atoms with Gasteiger partial charge in [-0.25, -0.2) is 0 Å². The van der Waals surface area contributed by atoms with Crippen LogP contribution in [0.25, 0.3) is 0 Å². The number of hydrogen-bond donors (Lipinski definition) is 3. The van der Waals surface area contributed by atoms with E-state index in [0.717, 1.165) is 21.8 Å². The monoisotopic (exact) mass is 406 g/mol. The van der Waals surface area contributed by atoms with Crippen molar-refractivity contribution in [1.29, 1.82) is 0 Å². The van der Waals surface area contributed by atoms with Gasteiger partial charge in [-0.15, -0.1) is 0 Å². The van der Waals surface area contributed by atoms with Crippen LogP contribution in [0.4, 0.5) is 0 Å². The van der Waals surface area contributed by atoms with E-state index < -0.39 is 5.91 Å². The van der Waals surface area contributed by atoms with Gasteiger partial charge in [-0.05, 0) is 43.3 Å². The molecule has 0 saturated heterocycles. The summed E-state index contributed by atoms with van der Waals surface area (Å²) in [6.45, 7) is 2.60. The van der Waals surface area contributed by atoms with E-state index in [1.165, 1.54) is 0 Å². The van der Waals surface area contributed by atoms with Gasteiger partial charge < -0.3 is 14.4 Å². The Morgan fingerprint density at radius 2 is 1.75 bits per heavy atom. The predicted octanol–water partition coefficient (Wildman–Crippen LogP) is 0.898. The van der Waals surface area contributed by atoms with Gasteiger partial charge >= 0.3 is 0 Å². The first-order valence-corrected chi connectivity index (χ1v) is 9.16. The minimum atomic E-state index is -0.457. The van der Waals surface area contributed by atoms with Crippen LogP contribution in [0, 0.1) is 6.92 Å². The summed E-state index contributed by atoms with van der Waals surface area (Å²) in [4.78, 5) is 24.8. The normalized spacial score (nSPS) is 11.4. The van der Waals surface area contributed by atoms with E-state index >= 15 is 0 Å². The fraction of sp³-hybridized carbons (Fsp3) is 0.300. The maximum Gasteiger partial charge on any atom is 0.293 e. The van der Waals surface area contributed by atoms with Gasteiger partial charge in [0.1, 0.15) is 18.0 Å². The lowest BCUT2D eigenvalue weighted by molar-refractivity contribution is -0.885. The molecule has 1 unspecified atom stereocenters. The minimum absolute atomic E-state index is 0.190. The molecule has 28 heavy (non-hydrogen) atoms. The summed E-state index contributed by atoms with van der Waals surface area (Å²) in [7, 11) is 3.52. The van der Waals surface area contributed by atoms with Gasteiger partial charge in [0.2, 0.25) is 0 Å². The molecule has 0 fully saturated rings. The van der Waals surface area contributed by atoms with Crippen molar-refractivity contribution in [3.05, 3.63) is 58.6 Å². The number of amides is 2. The van der Waals surface area contributed by atoms with Crippen molar-refractivity contribution in [3.63, 3.8) is 0 Å². The number of hydrazine groups is 1. The third-order valence-electron chi connectivity index (χ3n) is 3.92. The zero-order valence-corrected chi connectivity index (χ0v) is 16.9. The van der Waals surface area contributed by atoms with Crippen molar-refractivity contribution in [2.45, 2.75) is 13.5 Å². The highest BCUT2D eigenvalue weighted by atomic mass is 35.5. The molecule has 2 aromatic rings. The summed E-state index contributed by atoms with van der Waals surface area (Å²) in [6.07, 6.45) is 0. The Bertz CT molecular complexity index is 812. The molecule has 8 heteroatoms. The van der Waals surface area contributed by atoms with Crippen LogP contribution >= 0.6 is 11.6 Å². The third kappa shape index (κ3) is 7.09. The average molecular weight is 407 g/mol. The highest BCUT2D eigenvalue weighted by Gasteiger charge is 2.14. The van der Waals surface area contributed by atoms with Crippen molar-refractivity contribution in [3.8, 4) is 11.5 Å². The standard InChI is InChI=1S/C20H24ClN3O4/c1-14-4-9-18(27-3)15(10-14)11-24(2)12-19(25)22-23-20(26)13-28-17-7-5-16(21)6-8-17/h4-10H,11-13H2,1-3H3,(H,22,25)(H,23,26)/p+1. The van der Waals surface area contributed by atoms with E-state index in [2.05, 4.69) is 10.9 Å². The Hall–Kier alpha value is -2.77. The van der Waals surface area contributed by atoms with Crippen molar-refractivity contribution in [2.24, 2.45) is 0 Å². The first-order chi connectivity index (χ1) is 13.4. The van der Waals surface area contributed by atoms with Crippen LogP contribution in [-0.4, -0.2) is 39.1 Å². The van der Waals surface area contributed by atoms with Crippen LogP contribution in [-0.2, 0) is 16.1 Å². The van der Waals surface area contributed by atoms with Crippen LogP contribution in [0.5, 0.6) is 11.5 Å². The Balaban J connectivity index is 1.73. The fourth-order valence-electron chi connectivity index (χ4n) is 2.61. The first-order valence-electron chi connectivity index (χ1n) is 8.78. The van der Waals surface area contributed by atoms with Gasteiger partial charge in [0.15, 0.2) is 13.2 Å². The maximum atomic E-state index is 12.0. The van der Waals surface area contributed by atoms with Crippen LogP contribution < -0.4 is 25.2 Å². The van der Waals surface area contributed by atoms with E-state index in [1.807, 2.05) is 32.2 Å². The Morgan fingerprint density at radius 3 is 2.43 bits per heavy atom. The van der Waals surface area contributed by atoms with Crippen LogP contribution in [0.2, 0.25) is 5.02 Å². The van der Waals surface area contributed by atoms with Crippen LogP contribution in [0.1, 0.15) is 11.1 Å². The van der Waals surface area contributed by atoms with E-state index in [4.69, 9.17) is 21.1 Å². The second-order valence-electron chi connectivity index (χ2n) is 6.46. The molecule has 0 aromatic heterocycles. The molecule has 0 bridgehead atoms. The number of aryl methyl sites for hydroxylation is 1. The second kappa shape index (κ2) is 10.5. The predicted molar refractivity (Wildman–Crippen MR) is 106 cm³/mol. The molecule has 1 atom stereocenters. The molecule has 7 nitrogen and oxygen atoms in total. The lowest BCUT2D eigenvalue weighted by Gasteiger charge is -2.16. The molecule has 2 aromatic carbocycles. The summed E-state index contributed by atoms with van der Waals surface area (Å²) < 4.78 is 10.7. The quantitative estimate of drug-likeness (QED) is 0.569. The Labute approximate surface area is 169 Å². The number of benzene rings is 2. The number of carbonyl (C=O) groups excluding carboxylic acids is 2. The third-order valence-corrected chi connectivity index (χ3v) is 4.17. The van der Waals surface area contributed by atoms with Gasteiger partial charge in [0.25, 0.3) is 11.8 Å². The Morgan fingerprint density at radius 1 is 1.07 bits per heavy atom. The van der Waals surface area contributed by atoms with Gasteiger partial charge in [0.05, 0.1) is 14.2 Å². The number of quaternary nitrogens is 1. The molecule has 0 radical (unpaired) electrons. The Kier molecular flexibility index (Phi) is 8.10. The lowest BCUT2D eigenvalue weighted by Crippen LogP contribution is -3.09. The topological polar surface area (TPSA) is 81.1 Å². The summed E-state index contributed by atoms with van der Waals surface area (Å²) >= 11 is 5.78. The highest BCUT2D eigenvalue weighted by Crippen LogP contribution is 2.18. The van der Waals surface area contributed by atoms with E-state index in [1.54, 1.807) is 31.4 Å². The van der Waals surface area contributed by atoms with E-state index in [9.17, 15) is 9.59 Å². The SMILES string of the molecule is COc1ccc(C)cc1C[NH+](C)CC(=O)NNC(=O)COc1ccc(Cl)cc1. The molecule has 0 aliphatic carbocycles. The molecular weight excluding hydrogens is 382 g/mol. The van der Waals surface area contributed by atoms with Crippen molar-refractivity contribution >= 4 is 23.4 Å². The zero-order valence-electron chi connectivity index (χ0n) is 16.2. The summed E-state index contributed by atoms with van der Waals surface area (Å²) in [5.41, 5.74) is 6.88. The molecule has 0 heterocycles. The van der Waals surface area contributed by atoms with Crippen LogP contribution in [0.3, 0.4) is 0 Å². The molecule has 150 valence electrons. The number of methoxy groups -OCH3 is 1. The molecule has 2 amide bonds. The van der Waals surface area contributed by atoms with Gasteiger partial charge in [-0.3, -0.25) is 20.4 Å². The van der Waals surface area contributed by atoms with Gasteiger partial charge in [-0.1, -0.05) is 23.2 Å². The minimum Gasteiger partial charge on any atom is -0.496 e. The van der Waals surface area contributed by atoms with Gasteiger partial charge in [0, 0.05) is 10.6 Å². The number of ether oxygens (including phenoxy) is 2. The molecule has 2 rings (SSSR count). The van der Waals surface area contributed by atoms with E-state index in [-0.39, 0.29) is 19.1 Å². The summed E-state index contributed by atoms with van der Waals surface area (Å²) in [5.74, 6) is 0.547. The summed E-state index contributed by atoms with van der Waals surface area (Å²) in [6, 6.07) is 12.6. The molecule has 3 N–H and O–H groups in total. The lowest BCUT2D eigenvalue weighted by atomic mass is 10.1. The van der Waals surface area contributed by atoms with Crippen molar-refractivity contribution in [1.82, 2.24) is 10.9 Å². The highest BCUT2D eigenvalue weighted by molar-refractivity contribution is 6.30. The van der Waals surface area contributed by atoms with Gasteiger partial charge in [-0.2, -0.15) is 0 Å². The van der Waals surface area contributed by atoms with E-state index in [0.29, 0.717) is 17.3 Å². The summed E-state index contributed by atoms with van der Waals surface area (Å²) in [5, 5.41) is 0.582. The zero-order chi connectivity index (χ0) is 20.5. The number of hydrogen-bond acceptors (Lipinski definition) is 4. The average Bonchev–Trinajstić information content (AvgIpc) is 2.66. The fourth-order valence-corrected chi connectivity index (χ4v) is 2.73. The number of likely N-dealkylation sites (N-methyl/N-ethyl adjacent to an activating group) is 1. The number of carbonyl (C=O) groups is 2. The number of nitrogens with one attached hydrogen (secondary N) is 3. The van der Waals surface area contributed by atoms with Crippen LogP contribution in [0.15, 0.2) is 42.5 Å². The van der Waals surface area contributed by atoms with Crippen molar-refractivity contribution in [2.75, 3.05) is 27.3 Å². The first kappa shape index (κ1) is 21.5. The maximum absolute atomic E-state index is 12.0. The number of rotatable bonds is 8. The largest absolute Gasteiger partial charge is 0.496 e. The second-order valence-corrected chi connectivity index (χ2v) is 6.90.